The lowest BCUT2D eigenvalue weighted by Crippen LogP contribution is -2.14. The molecule has 0 saturated heterocycles. The van der Waals surface area contributed by atoms with Crippen LogP contribution in [0.25, 0.3) is 0 Å². The molecule has 4 nitrogen and oxygen atoms in total. The number of rotatable bonds is 8. The van der Waals surface area contributed by atoms with Crippen molar-refractivity contribution in [1.29, 1.82) is 0 Å². The summed E-state index contributed by atoms with van der Waals surface area (Å²) in [5.41, 5.74) is 3.27. The molecule has 0 bridgehead atoms. The molecule has 0 heterocycles. The molecule has 0 spiro atoms. The topological polar surface area (TPSA) is 52.6 Å². The van der Waals surface area contributed by atoms with E-state index in [-0.39, 0.29) is 11.1 Å². The number of ether oxygens (including phenoxy) is 2. The maximum atomic E-state index is 11.9. The average molecular weight is 385 g/mol. The molecule has 2 aromatic carbocycles. The van der Waals surface area contributed by atoms with Crippen molar-refractivity contribution in [1.82, 2.24) is 0 Å². The van der Waals surface area contributed by atoms with Crippen LogP contribution in [0.15, 0.2) is 48.5 Å². The SMILES string of the molecule is CCCCOC(=O)c1ccccc1C(=O)OCCCC.Cc1ccccc1C. The number of hydrogen-bond donors (Lipinski definition) is 0. The third-order valence-corrected chi connectivity index (χ3v) is 4.25. The summed E-state index contributed by atoms with van der Waals surface area (Å²) in [6.45, 7) is 9.02. The summed E-state index contributed by atoms with van der Waals surface area (Å²) in [6.07, 6.45) is 3.53. The van der Waals surface area contributed by atoms with Crippen molar-refractivity contribution >= 4 is 11.9 Å². The van der Waals surface area contributed by atoms with Gasteiger partial charge >= 0.3 is 11.9 Å². The fourth-order valence-electron chi connectivity index (χ4n) is 2.28. The second-order valence-corrected chi connectivity index (χ2v) is 6.61. The number of unbranched alkanes of at least 4 members (excludes halogenated alkanes) is 2. The van der Waals surface area contributed by atoms with Gasteiger partial charge in [-0.2, -0.15) is 0 Å². The van der Waals surface area contributed by atoms with E-state index in [4.69, 9.17) is 9.47 Å². The van der Waals surface area contributed by atoms with Crippen LogP contribution in [-0.2, 0) is 9.47 Å². The highest BCUT2D eigenvalue weighted by Gasteiger charge is 2.18. The monoisotopic (exact) mass is 384 g/mol. The molecule has 0 amide bonds. The first-order chi connectivity index (χ1) is 13.5. The minimum absolute atomic E-state index is 0.269. The first-order valence-corrected chi connectivity index (χ1v) is 9.96. The molecule has 0 radical (unpaired) electrons. The van der Waals surface area contributed by atoms with Gasteiger partial charge in [-0.3, -0.25) is 0 Å². The van der Waals surface area contributed by atoms with Crippen LogP contribution < -0.4 is 0 Å². The summed E-state index contributed by atoms with van der Waals surface area (Å²) in [4.78, 5) is 23.9. The van der Waals surface area contributed by atoms with E-state index in [1.165, 1.54) is 11.1 Å². The molecule has 4 heteroatoms. The van der Waals surface area contributed by atoms with Gasteiger partial charge in [0, 0.05) is 0 Å². The molecule has 0 atom stereocenters. The van der Waals surface area contributed by atoms with Crippen LogP contribution in [0.5, 0.6) is 0 Å². The van der Waals surface area contributed by atoms with Gasteiger partial charge in [-0.15, -0.1) is 0 Å². The molecule has 28 heavy (non-hydrogen) atoms. The van der Waals surface area contributed by atoms with E-state index in [0.29, 0.717) is 13.2 Å². The summed E-state index contributed by atoms with van der Waals surface area (Å²) in [5, 5.41) is 0. The molecule has 152 valence electrons. The molecule has 0 aliphatic carbocycles. The molecule has 0 fully saturated rings. The van der Waals surface area contributed by atoms with Gasteiger partial charge in [-0.25, -0.2) is 9.59 Å². The predicted octanol–water partition coefficient (Wildman–Crippen LogP) is 5.90. The zero-order valence-corrected chi connectivity index (χ0v) is 17.5. The van der Waals surface area contributed by atoms with Crippen LogP contribution in [0.2, 0.25) is 0 Å². The second kappa shape index (κ2) is 13.5. The molecule has 0 N–H and O–H groups in total. The number of carbonyl (C=O) groups excluding carboxylic acids is 2. The van der Waals surface area contributed by atoms with Gasteiger partial charge in [0.15, 0.2) is 0 Å². The molecule has 0 unspecified atom stereocenters. The van der Waals surface area contributed by atoms with Gasteiger partial charge in [0.2, 0.25) is 0 Å². The Bertz CT molecular complexity index is 675. The zero-order chi connectivity index (χ0) is 20.8. The Hall–Kier alpha value is -2.62. The van der Waals surface area contributed by atoms with E-state index >= 15 is 0 Å². The lowest BCUT2D eigenvalue weighted by atomic mass is 10.1. The van der Waals surface area contributed by atoms with E-state index < -0.39 is 11.9 Å². The minimum atomic E-state index is -0.471. The van der Waals surface area contributed by atoms with E-state index in [9.17, 15) is 9.59 Å². The number of aryl methyl sites for hydroxylation is 2. The highest BCUT2D eigenvalue weighted by Crippen LogP contribution is 2.12. The lowest BCUT2D eigenvalue weighted by Gasteiger charge is -2.09. The van der Waals surface area contributed by atoms with Gasteiger partial charge in [-0.05, 0) is 49.9 Å². The van der Waals surface area contributed by atoms with Crippen LogP contribution in [0.3, 0.4) is 0 Å². The van der Waals surface area contributed by atoms with E-state index in [2.05, 4.69) is 38.1 Å². The number of esters is 2. The van der Waals surface area contributed by atoms with Crippen molar-refractivity contribution in [2.45, 2.75) is 53.4 Å². The zero-order valence-electron chi connectivity index (χ0n) is 17.5. The number of benzene rings is 2. The molecule has 0 aliphatic rings. The first-order valence-electron chi connectivity index (χ1n) is 9.96. The Morgan fingerprint density at radius 3 is 1.36 bits per heavy atom. The fourth-order valence-corrected chi connectivity index (χ4v) is 2.28. The highest BCUT2D eigenvalue weighted by atomic mass is 16.5. The van der Waals surface area contributed by atoms with Gasteiger partial charge in [0.05, 0.1) is 24.3 Å². The van der Waals surface area contributed by atoms with Crippen LogP contribution in [0.4, 0.5) is 0 Å². The van der Waals surface area contributed by atoms with E-state index in [0.717, 1.165) is 25.7 Å². The first kappa shape index (κ1) is 23.4. The van der Waals surface area contributed by atoms with Gasteiger partial charge in [0.25, 0.3) is 0 Å². The van der Waals surface area contributed by atoms with Crippen molar-refractivity contribution in [2.75, 3.05) is 13.2 Å². The second-order valence-electron chi connectivity index (χ2n) is 6.61. The Balaban J connectivity index is 0.000000406. The smallest absolute Gasteiger partial charge is 0.339 e. The Morgan fingerprint density at radius 1 is 0.679 bits per heavy atom. The standard InChI is InChI=1S/C16H22O4.C8H10/c1-3-5-11-19-15(17)13-9-7-8-10-14(13)16(18)20-12-6-4-2;1-7-5-3-4-6-8(7)2/h7-10H,3-6,11-12H2,1-2H3;3-6H,1-2H3. The Morgan fingerprint density at radius 2 is 1.04 bits per heavy atom. The van der Waals surface area contributed by atoms with Crippen molar-refractivity contribution in [3.63, 3.8) is 0 Å². The molecular formula is C24H32O4. The molecule has 0 aromatic heterocycles. The van der Waals surface area contributed by atoms with Crippen molar-refractivity contribution in [3.05, 3.63) is 70.8 Å². The number of hydrogen-bond acceptors (Lipinski definition) is 4. The Labute approximate surface area is 168 Å². The quantitative estimate of drug-likeness (QED) is 0.420. The summed E-state index contributed by atoms with van der Waals surface area (Å²) < 4.78 is 10.3. The average Bonchev–Trinajstić information content (AvgIpc) is 2.71. The molecule has 0 saturated carbocycles. The largest absolute Gasteiger partial charge is 0.462 e. The molecule has 0 aliphatic heterocycles. The van der Waals surface area contributed by atoms with E-state index in [1.807, 2.05) is 13.8 Å². The minimum Gasteiger partial charge on any atom is -0.462 e. The number of carbonyl (C=O) groups is 2. The maximum Gasteiger partial charge on any atom is 0.339 e. The normalized spacial score (nSPS) is 9.86. The summed E-state index contributed by atoms with van der Waals surface area (Å²) in [7, 11) is 0. The van der Waals surface area contributed by atoms with Crippen molar-refractivity contribution in [2.24, 2.45) is 0 Å². The van der Waals surface area contributed by atoms with Gasteiger partial charge in [0.1, 0.15) is 0 Å². The molecule has 2 rings (SSSR count). The van der Waals surface area contributed by atoms with Crippen LogP contribution >= 0.6 is 0 Å². The van der Waals surface area contributed by atoms with Crippen molar-refractivity contribution < 1.29 is 19.1 Å². The van der Waals surface area contributed by atoms with Gasteiger partial charge < -0.3 is 9.47 Å². The third kappa shape index (κ3) is 8.38. The third-order valence-electron chi connectivity index (χ3n) is 4.25. The van der Waals surface area contributed by atoms with Gasteiger partial charge in [-0.1, -0.05) is 63.1 Å². The van der Waals surface area contributed by atoms with Crippen molar-refractivity contribution in [3.8, 4) is 0 Å². The summed E-state index contributed by atoms with van der Waals surface area (Å²) in [6, 6.07) is 14.9. The van der Waals surface area contributed by atoms with Crippen LogP contribution in [0, 0.1) is 13.8 Å². The van der Waals surface area contributed by atoms with E-state index in [1.54, 1.807) is 24.3 Å². The predicted molar refractivity (Wildman–Crippen MR) is 113 cm³/mol. The fraction of sp³-hybridized carbons (Fsp3) is 0.417. The van der Waals surface area contributed by atoms with Crippen LogP contribution in [-0.4, -0.2) is 25.2 Å². The highest BCUT2D eigenvalue weighted by molar-refractivity contribution is 6.03. The Kier molecular flexibility index (Phi) is 11.3. The lowest BCUT2D eigenvalue weighted by molar-refractivity contribution is 0.0452. The summed E-state index contributed by atoms with van der Waals surface area (Å²) in [5.74, 6) is -0.942. The molecule has 2 aromatic rings. The molecular weight excluding hydrogens is 352 g/mol. The van der Waals surface area contributed by atoms with Crippen LogP contribution in [0.1, 0.15) is 71.4 Å². The summed E-state index contributed by atoms with van der Waals surface area (Å²) >= 11 is 0. The maximum absolute atomic E-state index is 11.9.